The fraction of sp³-hybridized carbons (Fsp3) is 0.389. The average molecular weight is 403 g/mol. The predicted molar refractivity (Wildman–Crippen MR) is 107 cm³/mol. The van der Waals surface area contributed by atoms with Crippen molar-refractivity contribution in [3.05, 3.63) is 29.8 Å². The van der Waals surface area contributed by atoms with Crippen molar-refractivity contribution in [2.75, 3.05) is 50.4 Å². The number of nitrogens with one attached hydrogen (secondary N) is 2. The Hall–Kier alpha value is -2.85. The van der Waals surface area contributed by atoms with E-state index in [0.717, 1.165) is 36.0 Å². The minimum Gasteiger partial charge on any atom is -0.481 e. The molecular formula is C18H21N5O4S. The van der Waals surface area contributed by atoms with E-state index in [1.165, 1.54) is 0 Å². The third-order valence-electron chi connectivity index (χ3n) is 4.35. The van der Waals surface area contributed by atoms with Crippen molar-refractivity contribution >= 4 is 29.1 Å². The molecule has 0 unspecified atom stereocenters. The minimum atomic E-state index is 0.255. The number of methoxy groups -OCH3 is 1. The average Bonchev–Trinajstić information content (AvgIpc) is 3.20. The molecule has 0 spiro atoms. The lowest BCUT2D eigenvalue weighted by molar-refractivity contribution is 0.122. The van der Waals surface area contributed by atoms with Crippen molar-refractivity contribution in [2.24, 2.45) is 0 Å². The first-order valence-electron chi connectivity index (χ1n) is 8.90. The molecule has 10 heteroatoms. The second-order valence-corrected chi connectivity index (χ2v) is 6.60. The second-order valence-electron chi connectivity index (χ2n) is 6.19. The van der Waals surface area contributed by atoms with Gasteiger partial charge in [0.15, 0.2) is 16.6 Å². The topological polar surface area (TPSA) is 90.0 Å². The van der Waals surface area contributed by atoms with Gasteiger partial charge in [-0.05, 0) is 29.9 Å². The quantitative estimate of drug-likeness (QED) is 0.717. The first kappa shape index (κ1) is 18.5. The van der Waals surface area contributed by atoms with Gasteiger partial charge in [-0.25, -0.2) is 0 Å². The first-order valence-corrected chi connectivity index (χ1v) is 9.31. The molecule has 0 atom stereocenters. The van der Waals surface area contributed by atoms with Gasteiger partial charge in [-0.2, -0.15) is 9.97 Å². The van der Waals surface area contributed by atoms with Crippen LogP contribution < -0.4 is 29.7 Å². The molecule has 148 valence electrons. The number of morpholine rings is 1. The van der Waals surface area contributed by atoms with Crippen molar-refractivity contribution in [1.82, 2.24) is 15.3 Å². The lowest BCUT2D eigenvalue weighted by atomic mass is 10.2. The maximum absolute atomic E-state index is 5.39. The highest BCUT2D eigenvalue weighted by Gasteiger charge is 2.16. The number of benzene rings is 1. The normalized spacial score (nSPS) is 15.2. The van der Waals surface area contributed by atoms with E-state index in [1.807, 2.05) is 18.2 Å². The van der Waals surface area contributed by atoms with Gasteiger partial charge in [0.05, 0.1) is 20.3 Å². The Morgan fingerprint density at radius 2 is 2.00 bits per heavy atom. The summed E-state index contributed by atoms with van der Waals surface area (Å²) in [5, 5.41) is 6.58. The Kier molecular flexibility index (Phi) is 5.58. The van der Waals surface area contributed by atoms with E-state index in [0.29, 0.717) is 36.7 Å². The number of ether oxygens (including phenoxy) is 4. The van der Waals surface area contributed by atoms with Crippen LogP contribution in [0.3, 0.4) is 0 Å². The standard InChI is InChI=1S/C18H21N5O4S/c1-24-16-9-15(23-4-6-25-7-5-23)20-17(21-16)22-18(28)19-10-12-2-3-13-14(8-12)27-11-26-13/h2-3,8-9H,4-7,10-11H2,1H3,(H2,19,20,21,22,28). The van der Waals surface area contributed by atoms with Gasteiger partial charge in [0, 0.05) is 25.7 Å². The molecule has 0 amide bonds. The Bertz CT molecular complexity index is 860. The number of rotatable bonds is 5. The maximum atomic E-state index is 5.39. The second kappa shape index (κ2) is 8.44. The number of anilines is 2. The maximum Gasteiger partial charge on any atom is 0.234 e. The molecule has 2 aromatic rings. The van der Waals surface area contributed by atoms with Gasteiger partial charge in [-0.15, -0.1) is 0 Å². The van der Waals surface area contributed by atoms with E-state index >= 15 is 0 Å². The van der Waals surface area contributed by atoms with Gasteiger partial charge < -0.3 is 34.5 Å². The Morgan fingerprint density at radius 1 is 1.18 bits per heavy atom. The lowest BCUT2D eigenvalue weighted by Crippen LogP contribution is -2.37. The number of nitrogens with zero attached hydrogens (tertiary/aromatic N) is 3. The summed E-state index contributed by atoms with van der Waals surface area (Å²) in [6.07, 6.45) is 0. The van der Waals surface area contributed by atoms with E-state index in [9.17, 15) is 0 Å². The molecule has 3 heterocycles. The fourth-order valence-electron chi connectivity index (χ4n) is 2.91. The molecule has 0 radical (unpaired) electrons. The minimum absolute atomic E-state index is 0.255. The first-order chi connectivity index (χ1) is 13.7. The molecule has 0 bridgehead atoms. The molecule has 0 aliphatic carbocycles. The van der Waals surface area contributed by atoms with Gasteiger partial charge in [-0.3, -0.25) is 0 Å². The highest BCUT2D eigenvalue weighted by atomic mass is 32.1. The SMILES string of the molecule is COc1cc(N2CCOCC2)nc(NC(=S)NCc2ccc3c(c2)OCO3)n1. The molecule has 2 N–H and O–H groups in total. The summed E-state index contributed by atoms with van der Waals surface area (Å²) >= 11 is 5.38. The largest absolute Gasteiger partial charge is 0.481 e. The zero-order valence-corrected chi connectivity index (χ0v) is 16.3. The van der Waals surface area contributed by atoms with E-state index in [-0.39, 0.29) is 6.79 Å². The van der Waals surface area contributed by atoms with E-state index < -0.39 is 0 Å². The van der Waals surface area contributed by atoms with Crippen LogP contribution >= 0.6 is 12.2 Å². The summed E-state index contributed by atoms with van der Waals surface area (Å²) in [4.78, 5) is 11.0. The number of thiocarbonyl (C=S) groups is 1. The van der Waals surface area contributed by atoms with E-state index in [1.54, 1.807) is 13.2 Å². The molecule has 1 saturated heterocycles. The van der Waals surface area contributed by atoms with E-state index in [2.05, 4.69) is 25.5 Å². The van der Waals surface area contributed by atoms with E-state index in [4.69, 9.17) is 31.2 Å². The summed E-state index contributed by atoms with van der Waals surface area (Å²) in [6.45, 7) is 3.67. The predicted octanol–water partition coefficient (Wildman–Crippen LogP) is 1.54. The molecule has 2 aliphatic rings. The van der Waals surface area contributed by atoms with Crippen LogP contribution in [0.1, 0.15) is 5.56 Å². The number of hydrogen-bond donors (Lipinski definition) is 2. The summed E-state index contributed by atoms with van der Waals surface area (Å²) < 4.78 is 21.4. The smallest absolute Gasteiger partial charge is 0.234 e. The molecule has 1 fully saturated rings. The molecule has 1 aromatic carbocycles. The van der Waals surface area contributed by atoms with Crippen molar-refractivity contribution in [3.63, 3.8) is 0 Å². The molecular weight excluding hydrogens is 382 g/mol. The van der Waals surface area contributed by atoms with Gasteiger partial charge in [0.25, 0.3) is 0 Å². The van der Waals surface area contributed by atoms with Crippen LogP contribution in [0.25, 0.3) is 0 Å². The zero-order valence-electron chi connectivity index (χ0n) is 15.4. The Balaban J connectivity index is 1.39. The van der Waals surface area contributed by atoms with Crippen LogP contribution in [-0.4, -0.2) is 55.3 Å². The zero-order chi connectivity index (χ0) is 19.3. The summed E-state index contributed by atoms with van der Waals surface area (Å²) in [6, 6.07) is 7.58. The fourth-order valence-corrected chi connectivity index (χ4v) is 3.07. The summed E-state index contributed by atoms with van der Waals surface area (Å²) in [5.41, 5.74) is 1.02. The van der Waals surface area contributed by atoms with Crippen molar-refractivity contribution in [1.29, 1.82) is 0 Å². The molecule has 9 nitrogen and oxygen atoms in total. The van der Waals surface area contributed by atoms with Crippen LogP contribution in [0.15, 0.2) is 24.3 Å². The number of hydrogen-bond acceptors (Lipinski definition) is 8. The highest BCUT2D eigenvalue weighted by molar-refractivity contribution is 7.80. The van der Waals surface area contributed by atoms with Crippen molar-refractivity contribution in [3.8, 4) is 17.4 Å². The molecule has 28 heavy (non-hydrogen) atoms. The number of fused-ring (bicyclic) bond motifs is 1. The Morgan fingerprint density at radius 3 is 2.82 bits per heavy atom. The van der Waals surface area contributed by atoms with Gasteiger partial charge in [0.2, 0.25) is 18.6 Å². The van der Waals surface area contributed by atoms with Crippen LogP contribution in [0, 0.1) is 0 Å². The number of aromatic nitrogens is 2. The van der Waals surface area contributed by atoms with Crippen LogP contribution in [-0.2, 0) is 11.3 Å². The van der Waals surface area contributed by atoms with Gasteiger partial charge in [-0.1, -0.05) is 6.07 Å². The highest BCUT2D eigenvalue weighted by Crippen LogP contribution is 2.32. The Labute approximate surface area is 168 Å². The van der Waals surface area contributed by atoms with Crippen molar-refractivity contribution < 1.29 is 18.9 Å². The van der Waals surface area contributed by atoms with Gasteiger partial charge in [0.1, 0.15) is 5.82 Å². The third kappa shape index (κ3) is 4.34. The van der Waals surface area contributed by atoms with Gasteiger partial charge >= 0.3 is 0 Å². The van der Waals surface area contributed by atoms with Crippen molar-refractivity contribution in [2.45, 2.75) is 6.54 Å². The van der Waals surface area contributed by atoms with Crippen LogP contribution in [0.4, 0.5) is 11.8 Å². The molecule has 1 aromatic heterocycles. The summed E-state index contributed by atoms with van der Waals surface area (Å²) in [7, 11) is 1.57. The van der Waals surface area contributed by atoms with Crippen LogP contribution in [0.2, 0.25) is 0 Å². The van der Waals surface area contributed by atoms with Crippen LogP contribution in [0.5, 0.6) is 17.4 Å². The molecule has 2 aliphatic heterocycles. The monoisotopic (exact) mass is 403 g/mol. The third-order valence-corrected chi connectivity index (χ3v) is 4.60. The molecule has 0 saturated carbocycles. The molecule has 4 rings (SSSR count). The lowest BCUT2D eigenvalue weighted by Gasteiger charge is -2.28. The summed E-state index contributed by atoms with van der Waals surface area (Å²) in [5.74, 6) is 3.12.